The van der Waals surface area contributed by atoms with Crippen LogP contribution in [-0.2, 0) is 13.6 Å². The normalized spacial score (nSPS) is 11.2. The van der Waals surface area contributed by atoms with Gasteiger partial charge in [0.2, 0.25) is 0 Å². The molecule has 0 aliphatic heterocycles. The molecule has 2 heterocycles. The number of hydrogen-bond acceptors (Lipinski definition) is 4. The Morgan fingerprint density at radius 1 is 1.16 bits per heavy atom. The zero-order valence-corrected chi connectivity index (χ0v) is 17.2. The summed E-state index contributed by atoms with van der Waals surface area (Å²) in [6, 6.07) is 16.2. The summed E-state index contributed by atoms with van der Waals surface area (Å²) in [7, 11) is 1.71. The minimum absolute atomic E-state index is 0.200. The van der Waals surface area contributed by atoms with E-state index in [0.29, 0.717) is 27.4 Å². The number of fused-ring (bicyclic) bond motifs is 2. The molecule has 0 spiro atoms. The zero-order chi connectivity index (χ0) is 22.4. The Labute approximate surface area is 182 Å². The lowest BCUT2D eigenvalue weighted by atomic mass is 9.92. The van der Waals surface area contributed by atoms with Crippen molar-refractivity contribution in [3.05, 3.63) is 88.2 Å². The van der Waals surface area contributed by atoms with E-state index in [2.05, 4.69) is 16.2 Å². The molecule has 0 amide bonds. The van der Waals surface area contributed by atoms with Crippen LogP contribution in [-0.4, -0.2) is 14.8 Å². The van der Waals surface area contributed by atoms with E-state index in [0.717, 1.165) is 16.5 Å². The van der Waals surface area contributed by atoms with E-state index in [-0.39, 0.29) is 23.2 Å². The van der Waals surface area contributed by atoms with E-state index in [4.69, 9.17) is 5.73 Å². The number of H-pyrrole nitrogens is 1. The number of nitrogens with one attached hydrogen (secondary N) is 1. The number of aryl methyl sites for hydroxylation is 1. The lowest BCUT2D eigenvalue weighted by molar-refractivity contribution is 0.629. The molecule has 5 rings (SSSR count). The summed E-state index contributed by atoms with van der Waals surface area (Å²) in [6.07, 6.45) is 3.25. The summed E-state index contributed by atoms with van der Waals surface area (Å²) in [4.78, 5) is 14.9. The van der Waals surface area contributed by atoms with Gasteiger partial charge in [0.05, 0.1) is 23.0 Å². The molecule has 0 aliphatic carbocycles. The van der Waals surface area contributed by atoms with Crippen LogP contribution in [0, 0.1) is 17.1 Å². The van der Waals surface area contributed by atoms with Crippen molar-refractivity contribution >= 4 is 21.5 Å². The van der Waals surface area contributed by atoms with Crippen LogP contribution in [0.2, 0.25) is 0 Å². The van der Waals surface area contributed by atoms with Crippen LogP contribution in [0.3, 0.4) is 0 Å². The Balaban J connectivity index is 1.82. The largest absolute Gasteiger partial charge is 0.328 e. The molecule has 0 saturated carbocycles. The van der Waals surface area contributed by atoms with Crippen LogP contribution in [0.4, 0.5) is 4.39 Å². The number of nitriles is 1. The van der Waals surface area contributed by atoms with Gasteiger partial charge in [-0.25, -0.2) is 4.39 Å². The molecule has 32 heavy (non-hydrogen) atoms. The molecular weight excluding hydrogens is 405 g/mol. The predicted octanol–water partition coefficient (Wildman–Crippen LogP) is 4.22. The Bertz CT molecular complexity index is 1620. The van der Waals surface area contributed by atoms with Gasteiger partial charge < -0.3 is 10.7 Å². The minimum atomic E-state index is -0.495. The number of pyridine rings is 1. The Kier molecular flexibility index (Phi) is 4.58. The Morgan fingerprint density at radius 3 is 2.75 bits per heavy atom. The Hall–Kier alpha value is -4.28. The molecule has 6 nitrogen and oxygen atoms in total. The van der Waals surface area contributed by atoms with Crippen molar-refractivity contribution in [2.75, 3.05) is 0 Å². The second-order valence-corrected chi connectivity index (χ2v) is 7.58. The molecule has 7 heteroatoms. The number of benzene rings is 3. The third-order valence-corrected chi connectivity index (χ3v) is 5.81. The topological polar surface area (TPSA) is 100 Å². The number of halogens is 1. The highest BCUT2D eigenvalue weighted by molar-refractivity contribution is 5.98. The molecule has 5 aromatic rings. The highest BCUT2D eigenvalue weighted by Crippen LogP contribution is 2.39. The van der Waals surface area contributed by atoms with Gasteiger partial charge in [-0.3, -0.25) is 9.48 Å². The van der Waals surface area contributed by atoms with Crippen LogP contribution in [0.15, 0.2) is 65.7 Å². The molecule has 0 bridgehead atoms. The highest BCUT2D eigenvalue weighted by Gasteiger charge is 2.22. The number of hydrogen-bond donors (Lipinski definition) is 2. The zero-order valence-electron chi connectivity index (χ0n) is 17.2. The third kappa shape index (κ3) is 2.89. The van der Waals surface area contributed by atoms with Crippen molar-refractivity contribution in [3.63, 3.8) is 0 Å². The molecular formula is C25H18FN5O. The quantitative estimate of drug-likeness (QED) is 0.454. The average molecular weight is 423 g/mol. The van der Waals surface area contributed by atoms with Crippen molar-refractivity contribution in [1.29, 1.82) is 5.26 Å². The maximum absolute atomic E-state index is 15.4. The van der Waals surface area contributed by atoms with Crippen molar-refractivity contribution in [3.8, 4) is 28.5 Å². The van der Waals surface area contributed by atoms with Crippen molar-refractivity contribution in [2.24, 2.45) is 12.8 Å². The molecule has 0 atom stereocenters. The molecule has 3 aromatic carbocycles. The summed E-state index contributed by atoms with van der Waals surface area (Å²) in [5.74, 6) is -0.495. The monoisotopic (exact) mass is 423 g/mol. The second kappa shape index (κ2) is 7.45. The fraction of sp³-hybridized carbons (Fsp3) is 0.0800. The van der Waals surface area contributed by atoms with Gasteiger partial charge >= 0.3 is 0 Å². The predicted molar refractivity (Wildman–Crippen MR) is 122 cm³/mol. The fourth-order valence-electron chi connectivity index (χ4n) is 4.26. The third-order valence-electron chi connectivity index (χ3n) is 5.81. The van der Waals surface area contributed by atoms with Gasteiger partial charge in [-0.1, -0.05) is 30.3 Å². The smallest absolute Gasteiger partial charge is 0.255 e. The summed E-state index contributed by atoms with van der Waals surface area (Å²) in [6.45, 7) is 0.258. The van der Waals surface area contributed by atoms with Gasteiger partial charge in [-0.05, 0) is 40.1 Å². The maximum Gasteiger partial charge on any atom is 0.255 e. The first-order valence-electron chi connectivity index (χ1n) is 10.0. The van der Waals surface area contributed by atoms with E-state index in [1.165, 1.54) is 6.07 Å². The molecule has 0 unspecified atom stereocenters. The summed E-state index contributed by atoms with van der Waals surface area (Å²) in [5.41, 5.74) is 8.80. The van der Waals surface area contributed by atoms with Gasteiger partial charge in [0.1, 0.15) is 11.9 Å². The van der Waals surface area contributed by atoms with Crippen molar-refractivity contribution in [2.45, 2.75) is 6.54 Å². The molecule has 0 aliphatic rings. The molecule has 3 N–H and O–H groups in total. The van der Waals surface area contributed by atoms with Crippen molar-refractivity contribution in [1.82, 2.24) is 14.8 Å². The summed E-state index contributed by atoms with van der Waals surface area (Å²) >= 11 is 0. The number of rotatable bonds is 3. The molecule has 0 fully saturated rings. The van der Waals surface area contributed by atoms with Gasteiger partial charge in [0, 0.05) is 36.1 Å². The van der Waals surface area contributed by atoms with Gasteiger partial charge in [-0.2, -0.15) is 10.4 Å². The number of aromatic amines is 1. The van der Waals surface area contributed by atoms with E-state index < -0.39 is 5.82 Å². The number of aromatic nitrogens is 3. The van der Waals surface area contributed by atoms with E-state index in [1.807, 2.05) is 24.3 Å². The van der Waals surface area contributed by atoms with Crippen LogP contribution in [0.25, 0.3) is 43.9 Å². The Morgan fingerprint density at radius 2 is 1.97 bits per heavy atom. The summed E-state index contributed by atoms with van der Waals surface area (Å²) in [5, 5.41) is 16.9. The van der Waals surface area contributed by atoms with E-state index in [1.54, 1.807) is 42.3 Å². The van der Waals surface area contributed by atoms with Crippen LogP contribution >= 0.6 is 0 Å². The van der Waals surface area contributed by atoms with Gasteiger partial charge in [0.15, 0.2) is 0 Å². The SMILES string of the molecule is Cn1ncc(-c2ccc3c(=O)[nH]cc(CN)c3c2)c1-c1c(F)cc2ccccc2c1C#N. The number of nitrogens with zero attached hydrogens (tertiary/aromatic N) is 3. The van der Waals surface area contributed by atoms with Crippen LogP contribution < -0.4 is 11.3 Å². The van der Waals surface area contributed by atoms with Crippen LogP contribution in [0.5, 0.6) is 0 Å². The van der Waals surface area contributed by atoms with E-state index >= 15 is 4.39 Å². The van der Waals surface area contributed by atoms with Crippen LogP contribution in [0.1, 0.15) is 11.1 Å². The summed E-state index contributed by atoms with van der Waals surface area (Å²) < 4.78 is 16.9. The second-order valence-electron chi connectivity index (χ2n) is 7.58. The van der Waals surface area contributed by atoms with E-state index in [9.17, 15) is 10.1 Å². The first-order chi connectivity index (χ1) is 15.5. The highest BCUT2D eigenvalue weighted by atomic mass is 19.1. The lowest BCUT2D eigenvalue weighted by Crippen LogP contribution is -2.09. The van der Waals surface area contributed by atoms with Gasteiger partial charge in [0.25, 0.3) is 5.56 Å². The molecule has 0 saturated heterocycles. The fourth-order valence-corrected chi connectivity index (χ4v) is 4.26. The van der Waals surface area contributed by atoms with Gasteiger partial charge in [-0.15, -0.1) is 0 Å². The van der Waals surface area contributed by atoms with Crippen molar-refractivity contribution < 1.29 is 4.39 Å². The molecule has 156 valence electrons. The molecule has 2 aromatic heterocycles. The first-order valence-corrected chi connectivity index (χ1v) is 10.0. The minimum Gasteiger partial charge on any atom is -0.328 e. The maximum atomic E-state index is 15.4. The standard InChI is InChI=1S/C25H18FN5O/c1-31-24(23-20(11-28)17-5-3-2-4-14(17)9-22(23)26)21(13-30-31)15-6-7-18-19(8-15)16(10-27)12-29-25(18)32/h2-9,12-13H,10,27H2,1H3,(H,29,32). The lowest BCUT2D eigenvalue weighted by Gasteiger charge is -2.13. The molecule has 0 radical (unpaired) electrons. The first kappa shape index (κ1) is 19.7. The average Bonchev–Trinajstić information content (AvgIpc) is 3.19. The number of nitrogens with two attached hydrogens (primary N) is 1.